The van der Waals surface area contributed by atoms with Crippen LogP contribution in [0.2, 0.25) is 5.02 Å². The van der Waals surface area contributed by atoms with Crippen molar-refractivity contribution in [2.45, 2.75) is 12.5 Å². The van der Waals surface area contributed by atoms with Crippen molar-refractivity contribution >= 4 is 23.5 Å². The molecule has 1 aromatic carbocycles. The molecule has 0 radical (unpaired) electrons. The molecule has 0 bridgehead atoms. The monoisotopic (exact) mass is 281 g/mol. The number of rotatable bonds is 4. The molecule has 6 heteroatoms. The zero-order valence-corrected chi connectivity index (χ0v) is 11.6. The number of carbonyl (C=O) groups excluding carboxylic acids is 1. The maximum Gasteiger partial charge on any atom is 0.256 e. The average molecular weight is 282 g/mol. The van der Waals surface area contributed by atoms with Crippen molar-refractivity contribution in [2.24, 2.45) is 4.99 Å². The van der Waals surface area contributed by atoms with Crippen LogP contribution >= 0.6 is 11.6 Å². The van der Waals surface area contributed by atoms with Gasteiger partial charge in [-0.15, -0.1) is 0 Å². The lowest BCUT2D eigenvalue weighted by Gasteiger charge is -2.22. The molecule has 1 atom stereocenters. The van der Waals surface area contributed by atoms with Gasteiger partial charge in [0.15, 0.2) is 5.96 Å². The summed E-state index contributed by atoms with van der Waals surface area (Å²) in [5.74, 6) is 0.279. The van der Waals surface area contributed by atoms with Crippen LogP contribution in [0.25, 0.3) is 0 Å². The van der Waals surface area contributed by atoms with Crippen LogP contribution in [0.5, 0.6) is 0 Å². The Labute approximate surface area is 117 Å². The zero-order valence-electron chi connectivity index (χ0n) is 10.9. The highest BCUT2D eigenvalue weighted by Crippen LogP contribution is 2.30. The molecule has 0 aromatic heterocycles. The molecule has 1 saturated heterocycles. The van der Waals surface area contributed by atoms with E-state index in [-0.39, 0.29) is 5.91 Å². The molecule has 102 valence electrons. The molecule has 1 unspecified atom stereocenters. The van der Waals surface area contributed by atoms with E-state index in [1.54, 1.807) is 20.1 Å². The average Bonchev–Trinajstić information content (AvgIpc) is 2.67. The van der Waals surface area contributed by atoms with Gasteiger partial charge >= 0.3 is 0 Å². The van der Waals surface area contributed by atoms with Gasteiger partial charge in [-0.05, 0) is 13.0 Å². The van der Waals surface area contributed by atoms with E-state index in [1.807, 2.05) is 18.2 Å². The largest absolute Gasteiger partial charge is 0.383 e. The van der Waals surface area contributed by atoms with Gasteiger partial charge in [-0.25, -0.2) is 0 Å². The van der Waals surface area contributed by atoms with Gasteiger partial charge in [-0.1, -0.05) is 29.8 Å². The molecule has 1 amide bonds. The number of halogens is 1. The molecular formula is C13H16ClN3O2. The lowest BCUT2D eigenvalue weighted by molar-refractivity contribution is -0.123. The van der Waals surface area contributed by atoms with Gasteiger partial charge in [0.25, 0.3) is 5.91 Å². The maximum atomic E-state index is 12.1. The number of nitrogens with zero attached hydrogens (tertiary/aromatic N) is 1. The summed E-state index contributed by atoms with van der Waals surface area (Å²) in [7, 11) is 1.61. The fraction of sp³-hybridized carbons (Fsp3) is 0.385. The van der Waals surface area contributed by atoms with Gasteiger partial charge in [-0.3, -0.25) is 15.1 Å². The number of carbonyl (C=O) groups is 1. The lowest BCUT2D eigenvalue weighted by Crippen LogP contribution is -2.41. The Morgan fingerprint density at radius 3 is 2.84 bits per heavy atom. The second-order valence-corrected chi connectivity index (χ2v) is 4.81. The molecule has 1 aliphatic rings. The Balaban J connectivity index is 2.23. The van der Waals surface area contributed by atoms with Gasteiger partial charge in [0.2, 0.25) is 0 Å². The van der Waals surface area contributed by atoms with E-state index < -0.39 is 5.54 Å². The minimum absolute atomic E-state index is 0.170. The first kappa shape index (κ1) is 13.8. The molecule has 5 nitrogen and oxygen atoms in total. The van der Waals surface area contributed by atoms with Gasteiger partial charge < -0.3 is 10.1 Å². The summed E-state index contributed by atoms with van der Waals surface area (Å²) in [6, 6.07) is 7.27. The Bertz CT molecular complexity index is 518. The topological polar surface area (TPSA) is 62.7 Å². The predicted octanol–water partition coefficient (Wildman–Crippen LogP) is 1.28. The van der Waals surface area contributed by atoms with E-state index in [1.165, 1.54) is 0 Å². The van der Waals surface area contributed by atoms with Crippen LogP contribution in [0.1, 0.15) is 12.5 Å². The maximum absolute atomic E-state index is 12.1. The SMILES string of the molecule is COCCN=C1NC(=O)C(C)(c2ccccc2Cl)N1. The minimum atomic E-state index is -0.899. The van der Waals surface area contributed by atoms with E-state index >= 15 is 0 Å². The fourth-order valence-corrected chi connectivity index (χ4v) is 2.27. The van der Waals surface area contributed by atoms with E-state index in [2.05, 4.69) is 15.6 Å². The predicted molar refractivity (Wildman–Crippen MR) is 74.3 cm³/mol. The van der Waals surface area contributed by atoms with Gasteiger partial charge in [0.1, 0.15) is 5.54 Å². The molecule has 1 aromatic rings. The molecular weight excluding hydrogens is 266 g/mol. The summed E-state index contributed by atoms with van der Waals surface area (Å²) in [6.07, 6.45) is 0. The van der Waals surface area contributed by atoms with Gasteiger partial charge in [-0.2, -0.15) is 0 Å². The number of aliphatic imine (C=N–C) groups is 1. The van der Waals surface area contributed by atoms with Crippen molar-refractivity contribution in [1.29, 1.82) is 0 Å². The van der Waals surface area contributed by atoms with Gasteiger partial charge in [0.05, 0.1) is 13.2 Å². The first-order valence-corrected chi connectivity index (χ1v) is 6.34. The summed E-state index contributed by atoms with van der Waals surface area (Å²) < 4.78 is 4.92. The number of benzene rings is 1. The highest BCUT2D eigenvalue weighted by atomic mass is 35.5. The van der Waals surface area contributed by atoms with Crippen LogP contribution in [-0.2, 0) is 15.1 Å². The van der Waals surface area contributed by atoms with E-state index in [4.69, 9.17) is 16.3 Å². The Hall–Kier alpha value is -1.59. The van der Waals surface area contributed by atoms with Crippen LogP contribution in [0.3, 0.4) is 0 Å². The van der Waals surface area contributed by atoms with Crippen molar-refractivity contribution < 1.29 is 9.53 Å². The van der Waals surface area contributed by atoms with Crippen molar-refractivity contribution in [3.05, 3.63) is 34.9 Å². The molecule has 2 N–H and O–H groups in total. The number of methoxy groups -OCH3 is 1. The number of nitrogens with one attached hydrogen (secondary N) is 2. The molecule has 0 spiro atoms. The molecule has 0 saturated carbocycles. The first-order chi connectivity index (χ1) is 9.08. The third kappa shape index (κ3) is 2.72. The second-order valence-electron chi connectivity index (χ2n) is 4.41. The van der Waals surface area contributed by atoms with Crippen LogP contribution < -0.4 is 10.6 Å². The van der Waals surface area contributed by atoms with Crippen molar-refractivity contribution in [2.75, 3.05) is 20.3 Å². The van der Waals surface area contributed by atoms with E-state index in [0.717, 1.165) is 5.56 Å². The van der Waals surface area contributed by atoms with Crippen molar-refractivity contribution in [3.63, 3.8) is 0 Å². The minimum Gasteiger partial charge on any atom is -0.383 e. The molecule has 19 heavy (non-hydrogen) atoms. The summed E-state index contributed by atoms with van der Waals surface area (Å²) in [5.41, 5.74) is -0.171. The Kier molecular flexibility index (Phi) is 4.07. The highest BCUT2D eigenvalue weighted by Gasteiger charge is 2.43. The number of ether oxygens (including phenoxy) is 1. The standard InChI is InChI=1S/C13H16ClN3O2/c1-13(9-5-3-4-6-10(9)14)11(18)16-12(17-13)15-7-8-19-2/h3-6H,7-8H2,1-2H3,(H2,15,16,17,18). The lowest BCUT2D eigenvalue weighted by atomic mass is 9.92. The highest BCUT2D eigenvalue weighted by molar-refractivity contribution is 6.32. The molecule has 1 heterocycles. The first-order valence-electron chi connectivity index (χ1n) is 5.96. The van der Waals surface area contributed by atoms with Crippen LogP contribution in [0.15, 0.2) is 29.3 Å². The molecule has 1 fully saturated rings. The smallest absolute Gasteiger partial charge is 0.256 e. The van der Waals surface area contributed by atoms with Crippen LogP contribution in [-0.4, -0.2) is 32.1 Å². The fourth-order valence-electron chi connectivity index (χ4n) is 1.94. The van der Waals surface area contributed by atoms with Crippen molar-refractivity contribution in [1.82, 2.24) is 10.6 Å². The summed E-state index contributed by atoms with van der Waals surface area (Å²) in [4.78, 5) is 16.4. The summed E-state index contributed by atoms with van der Waals surface area (Å²) in [6.45, 7) is 2.77. The van der Waals surface area contributed by atoms with Crippen LogP contribution in [0, 0.1) is 0 Å². The Morgan fingerprint density at radius 2 is 2.16 bits per heavy atom. The summed E-state index contributed by atoms with van der Waals surface area (Å²) in [5, 5.41) is 6.34. The normalized spacial score (nSPS) is 24.4. The van der Waals surface area contributed by atoms with Gasteiger partial charge in [0, 0.05) is 17.7 Å². The quantitative estimate of drug-likeness (QED) is 0.817. The van der Waals surface area contributed by atoms with E-state index in [9.17, 15) is 4.79 Å². The number of hydrogen-bond acceptors (Lipinski definition) is 3. The van der Waals surface area contributed by atoms with E-state index in [0.29, 0.717) is 24.1 Å². The third-order valence-electron chi connectivity index (χ3n) is 3.03. The molecule has 1 aliphatic heterocycles. The third-order valence-corrected chi connectivity index (χ3v) is 3.36. The van der Waals surface area contributed by atoms with Crippen LogP contribution in [0.4, 0.5) is 0 Å². The second kappa shape index (κ2) is 5.59. The molecule has 0 aliphatic carbocycles. The Morgan fingerprint density at radius 1 is 1.42 bits per heavy atom. The molecule has 2 rings (SSSR count). The number of hydrogen-bond donors (Lipinski definition) is 2. The zero-order chi connectivity index (χ0) is 13.9. The number of amides is 1. The number of guanidine groups is 1. The summed E-state index contributed by atoms with van der Waals surface area (Å²) >= 11 is 6.15. The van der Waals surface area contributed by atoms with Crippen molar-refractivity contribution in [3.8, 4) is 0 Å².